The van der Waals surface area contributed by atoms with Gasteiger partial charge in [-0.2, -0.15) is 0 Å². The fourth-order valence-electron chi connectivity index (χ4n) is 2.34. The Morgan fingerprint density at radius 3 is 3.05 bits per heavy atom. The first-order valence-electron chi connectivity index (χ1n) is 7.58. The highest BCUT2D eigenvalue weighted by atomic mass is 32.2. The van der Waals surface area contributed by atoms with E-state index in [9.17, 15) is 9.59 Å². The van der Waals surface area contributed by atoms with Crippen LogP contribution in [0.1, 0.15) is 24.8 Å². The van der Waals surface area contributed by atoms with Gasteiger partial charge in [0.25, 0.3) is 0 Å². The van der Waals surface area contributed by atoms with Gasteiger partial charge in [-0.25, -0.2) is 0 Å². The summed E-state index contributed by atoms with van der Waals surface area (Å²) in [5.41, 5.74) is 2.07. The van der Waals surface area contributed by atoms with E-state index in [1.807, 2.05) is 24.3 Å². The number of benzene rings is 1. The minimum Gasteiger partial charge on any atom is -0.396 e. The maximum Gasteiger partial charge on any atom is 0.237 e. The lowest BCUT2D eigenvalue weighted by molar-refractivity contribution is -0.120. The number of anilines is 1. The average molecular weight is 322 g/mol. The minimum atomic E-state index is -0.113. The number of hydrogen-bond acceptors (Lipinski definition) is 4. The van der Waals surface area contributed by atoms with Gasteiger partial charge in [-0.1, -0.05) is 18.2 Å². The van der Waals surface area contributed by atoms with Gasteiger partial charge < -0.3 is 15.7 Å². The largest absolute Gasteiger partial charge is 0.396 e. The first-order valence-corrected chi connectivity index (χ1v) is 8.63. The number of aliphatic hydroxyl groups is 1. The van der Waals surface area contributed by atoms with Crippen LogP contribution in [0.2, 0.25) is 0 Å². The number of thioether (sulfide) groups is 1. The molecule has 0 aromatic heterocycles. The number of hydrogen-bond donors (Lipinski definition) is 3. The van der Waals surface area contributed by atoms with Crippen molar-refractivity contribution in [3.05, 3.63) is 29.8 Å². The van der Waals surface area contributed by atoms with Crippen molar-refractivity contribution in [1.29, 1.82) is 0 Å². The Morgan fingerprint density at radius 1 is 1.41 bits per heavy atom. The highest BCUT2D eigenvalue weighted by Gasteiger charge is 2.23. The Bertz CT molecular complexity index is 522. The summed E-state index contributed by atoms with van der Waals surface area (Å²) >= 11 is 1.53. The van der Waals surface area contributed by atoms with E-state index >= 15 is 0 Å². The second kappa shape index (κ2) is 8.80. The first kappa shape index (κ1) is 16.8. The van der Waals surface area contributed by atoms with Crippen molar-refractivity contribution in [3.63, 3.8) is 0 Å². The van der Waals surface area contributed by atoms with Crippen molar-refractivity contribution in [2.24, 2.45) is 0 Å². The monoisotopic (exact) mass is 322 g/mol. The molecule has 1 aliphatic heterocycles. The lowest BCUT2D eigenvalue weighted by atomic mass is 10.1. The molecule has 2 amide bonds. The maximum atomic E-state index is 12.2. The van der Waals surface area contributed by atoms with Crippen LogP contribution in [0.4, 0.5) is 5.69 Å². The highest BCUT2D eigenvalue weighted by Crippen LogP contribution is 2.27. The molecule has 2 rings (SSSR count). The highest BCUT2D eigenvalue weighted by molar-refractivity contribution is 8.00. The van der Waals surface area contributed by atoms with E-state index in [1.165, 1.54) is 17.3 Å². The van der Waals surface area contributed by atoms with Gasteiger partial charge in [0.1, 0.15) is 0 Å². The third-order valence-electron chi connectivity index (χ3n) is 3.55. The first-order chi connectivity index (χ1) is 10.7. The number of carbonyl (C=O) groups excluding carboxylic acids is 2. The zero-order chi connectivity index (χ0) is 15.8. The van der Waals surface area contributed by atoms with Crippen LogP contribution in [0.25, 0.3) is 0 Å². The molecule has 0 unspecified atom stereocenters. The second-order valence-electron chi connectivity index (χ2n) is 5.22. The van der Waals surface area contributed by atoms with E-state index in [-0.39, 0.29) is 23.7 Å². The molecular weight excluding hydrogens is 300 g/mol. The molecule has 0 saturated carbocycles. The molecule has 1 atom stereocenters. The summed E-state index contributed by atoms with van der Waals surface area (Å²) in [7, 11) is 0. The molecule has 5 nitrogen and oxygen atoms in total. The molecule has 0 fully saturated rings. The van der Waals surface area contributed by atoms with Crippen molar-refractivity contribution in [3.8, 4) is 0 Å². The van der Waals surface area contributed by atoms with Crippen LogP contribution in [0.5, 0.6) is 0 Å². The summed E-state index contributed by atoms with van der Waals surface area (Å²) in [6, 6.07) is 7.87. The number of rotatable bonds is 7. The van der Waals surface area contributed by atoms with Crippen LogP contribution < -0.4 is 10.6 Å². The lowest BCUT2D eigenvalue weighted by Gasteiger charge is -2.12. The zero-order valence-corrected chi connectivity index (χ0v) is 13.3. The van der Waals surface area contributed by atoms with Gasteiger partial charge in [-0.05, 0) is 30.9 Å². The average Bonchev–Trinajstić information content (AvgIpc) is 2.67. The number of para-hydroxylation sites is 1. The molecule has 0 spiro atoms. The van der Waals surface area contributed by atoms with Crippen LogP contribution in [-0.2, 0) is 16.0 Å². The zero-order valence-electron chi connectivity index (χ0n) is 12.5. The standard InChI is InChI=1S/C16H22N2O3S/c19-10-3-9-17-15(20)8-11-22-14-7-6-12-4-1-2-5-13(12)18-16(14)21/h1-2,4-5,14,19H,3,6-11H2,(H,17,20)(H,18,21)/t14-/m1/s1. The van der Waals surface area contributed by atoms with Gasteiger partial charge in [0, 0.05) is 31.0 Å². The van der Waals surface area contributed by atoms with E-state index in [4.69, 9.17) is 5.11 Å². The number of nitrogens with one attached hydrogen (secondary N) is 2. The number of aliphatic hydroxyl groups excluding tert-OH is 1. The molecule has 6 heteroatoms. The van der Waals surface area contributed by atoms with Crippen LogP contribution in [0.15, 0.2) is 24.3 Å². The molecule has 0 saturated heterocycles. The fourth-order valence-corrected chi connectivity index (χ4v) is 3.42. The number of carbonyl (C=O) groups is 2. The van der Waals surface area contributed by atoms with E-state index in [2.05, 4.69) is 10.6 Å². The Labute approximate surface area is 134 Å². The Kier molecular flexibility index (Phi) is 6.74. The molecule has 120 valence electrons. The van der Waals surface area contributed by atoms with Crippen molar-refractivity contribution < 1.29 is 14.7 Å². The van der Waals surface area contributed by atoms with Gasteiger partial charge >= 0.3 is 0 Å². The quantitative estimate of drug-likeness (QED) is 0.666. The molecule has 1 heterocycles. The maximum absolute atomic E-state index is 12.2. The fraction of sp³-hybridized carbons (Fsp3) is 0.500. The normalized spacial score (nSPS) is 17.3. The summed E-state index contributed by atoms with van der Waals surface area (Å²) in [5, 5.41) is 14.3. The Hall–Kier alpha value is -1.53. The second-order valence-corrected chi connectivity index (χ2v) is 6.53. The number of aryl methyl sites for hydroxylation is 1. The van der Waals surface area contributed by atoms with Crippen molar-refractivity contribution in [2.45, 2.75) is 30.9 Å². The summed E-state index contributed by atoms with van der Waals surface area (Å²) < 4.78 is 0. The molecule has 22 heavy (non-hydrogen) atoms. The summed E-state index contributed by atoms with van der Waals surface area (Å²) in [5.74, 6) is 0.619. The van der Waals surface area contributed by atoms with Crippen LogP contribution >= 0.6 is 11.8 Å². The third kappa shape index (κ3) is 5.03. The molecule has 1 aliphatic rings. The van der Waals surface area contributed by atoms with Crippen LogP contribution in [-0.4, -0.2) is 41.1 Å². The molecule has 0 aliphatic carbocycles. The van der Waals surface area contributed by atoms with E-state index in [0.29, 0.717) is 25.1 Å². The third-order valence-corrected chi connectivity index (χ3v) is 4.84. The molecule has 1 aromatic rings. The number of fused-ring (bicyclic) bond motifs is 1. The van der Waals surface area contributed by atoms with Gasteiger partial charge in [0.05, 0.1) is 5.25 Å². The summed E-state index contributed by atoms with van der Waals surface area (Å²) in [6.07, 6.45) is 2.63. The van der Waals surface area contributed by atoms with Crippen LogP contribution in [0, 0.1) is 0 Å². The van der Waals surface area contributed by atoms with E-state index in [0.717, 1.165) is 18.5 Å². The van der Waals surface area contributed by atoms with E-state index < -0.39 is 0 Å². The van der Waals surface area contributed by atoms with Crippen molar-refractivity contribution >= 4 is 29.3 Å². The molecule has 0 bridgehead atoms. The topological polar surface area (TPSA) is 78.4 Å². The molecule has 0 radical (unpaired) electrons. The van der Waals surface area contributed by atoms with Crippen molar-refractivity contribution in [2.75, 3.05) is 24.2 Å². The smallest absolute Gasteiger partial charge is 0.237 e. The van der Waals surface area contributed by atoms with Gasteiger partial charge in [-0.3, -0.25) is 9.59 Å². The molecule has 3 N–H and O–H groups in total. The summed E-state index contributed by atoms with van der Waals surface area (Å²) in [6.45, 7) is 0.580. The minimum absolute atomic E-state index is 0.0237. The SMILES string of the molecule is O=C(CCS[C@@H]1CCc2ccccc2NC1=O)NCCCO. The molecule has 1 aromatic carbocycles. The molecular formula is C16H22N2O3S. The van der Waals surface area contributed by atoms with Crippen LogP contribution in [0.3, 0.4) is 0 Å². The Morgan fingerprint density at radius 2 is 2.23 bits per heavy atom. The van der Waals surface area contributed by atoms with E-state index in [1.54, 1.807) is 0 Å². The van der Waals surface area contributed by atoms with Gasteiger partial charge in [0.2, 0.25) is 11.8 Å². The van der Waals surface area contributed by atoms with Gasteiger partial charge in [0.15, 0.2) is 0 Å². The van der Waals surface area contributed by atoms with Gasteiger partial charge in [-0.15, -0.1) is 11.8 Å². The predicted octanol–water partition coefficient (Wildman–Crippen LogP) is 1.56. The lowest BCUT2D eigenvalue weighted by Crippen LogP contribution is -2.27. The summed E-state index contributed by atoms with van der Waals surface area (Å²) in [4.78, 5) is 23.8. The number of amides is 2. The Balaban J connectivity index is 1.75. The predicted molar refractivity (Wildman–Crippen MR) is 89.0 cm³/mol. The van der Waals surface area contributed by atoms with Crippen molar-refractivity contribution in [1.82, 2.24) is 5.32 Å².